The van der Waals surface area contributed by atoms with E-state index in [9.17, 15) is 4.79 Å². The topological polar surface area (TPSA) is 51.5 Å². The first-order valence-corrected chi connectivity index (χ1v) is 11.1. The molecule has 0 saturated heterocycles. The minimum Gasteiger partial charge on any atom is -0.313 e. The van der Waals surface area contributed by atoms with Crippen molar-refractivity contribution in [2.45, 2.75) is 40.0 Å². The predicted molar refractivity (Wildman–Crippen MR) is 135 cm³/mol. The summed E-state index contributed by atoms with van der Waals surface area (Å²) in [5.74, 6) is -0.506. The van der Waals surface area contributed by atoms with Crippen LogP contribution in [0.4, 0.5) is 0 Å². The lowest BCUT2D eigenvalue weighted by molar-refractivity contribution is 0.0518. The number of pyridine rings is 1. The SMILES string of the molecule is C/C(=N\OC(=O)c1cc(-c2cccc(C)c2)nc2ccccc12)c1ccc(C(C)(C)C)cc1. The first kappa shape index (κ1) is 22.4. The lowest BCUT2D eigenvalue weighted by atomic mass is 9.86. The summed E-state index contributed by atoms with van der Waals surface area (Å²) in [5.41, 5.74) is 6.85. The molecule has 0 atom stereocenters. The van der Waals surface area contributed by atoms with Crippen LogP contribution in [0.5, 0.6) is 0 Å². The number of hydrogen-bond donors (Lipinski definition) is 0. The van der Waals surface area contributed by atoms with Crippen LogP contribution in [0.2, 0.25) is 0 Å². The van der Waals surface area contributed by atoms with Crippen molar-refractivity contribution >= 4 is 22.6 Å². The van der Waals surface area contributed by atoms with Crippen LogP contribution >= 0.6 is 0 Å². The summed E-state index contributed by atoms with van der Waals surface area (Å²) in [6.07, 6.45) is 0. The molecule has 166 valence electrons. The molecule has 4 aromatic rings. The molecular weight excluding hydrogens is 408 g/mol. The quantitative estimate of drug-likeness (QED) is 0.195. The number of oxime groups is 1. The maximum atomic E-state index is 13.1. The minimum atomic E-state index is -0.506. The Kier molecular flexibility index (Phi) is 6.10. The third-order valence-electron chi connectivity index (χ3n) is 5.68. The van der Waals surface area contributed by atoms with Crippen molar-refractivity contribution in [3.05, 3.63) is 101 Å². The van der Waals surface area contributed by atoms with Gasteiger partial charge in [0.15, 0.2) is 0 Å². The number of aromatic nitrogens is 1. The zero-order valence-corrected chi connectivity index (χ0v) is 19.7. The van der Waals surface area contributed by atoms with Gasteiger partial charge in [0.2, 0.25) is 0 Å². The van der Waals surface area contributed by atoms with E-state index in [0.717, 1.165) is 33.3 Å². The van der Waals surface area contributed by atoms with Crippen LogP contribution < -0.4 is 0 Å². The Morgan fingerprint density at radius 2 is 1.64 bits per heavy atom. The number of nitrogens with zero attached hydrogens (tertiary/aromatic N) is 2. The zero-order valence-electron chi connectivity index (χ0n) is 19.7. The number of carbonyl (C=O) groups excluding carboxylic acids is 1. The van der Waals surface area contributed by atoms with Crippen molar-refractivity contribution in [2.24, 2.45) is 5.16 Å². The van der Waals surface area contributed by atoms with Crippen LogP contribution in [-0.2, 0) is 10.3 Å². The second kappa shape index (κ2) is 8.99. The number of fused-ring (bicyclic) bond motifs is 1. The van der Waals surface area contributed by atoms with Gasteiger partial charge in [-0.3, -0.25) is 0 Å². The largest absolute Gasteiger partial charge is 0.366 e. The number of rotatable bonds is 4. The van der Waals surface area contributed by atoms with E-state index in [4.69, 9.17) is 9.82 Å². The first-order valence-electron chi connectivity index (χ1n) is 11.1. The molecule has 0 saturated carbocycles. The molecule has 0 fully saturated rings. The van der Waals surface area contributed by atoms with Crippen molar-refractivity contribution in [1.82, 2.24) is 4.98 Å². The molecule has 4 heteroatoms. The van der Waals surface area contributed by atoms with E-state index in [1.54, 1.807) is 6.07 Å². The molecule has 1 aromatic heterocycles. The van der Waals surface area contributed by atoms with Crippen molar-refractivity contribution < 1.29 is 9.63 Å². The van der Waals surface area contributed by atoms with E-state index < -0.39 is 5.97 Å². The monoisotopic (exact) mass is 436 g/mol. The van der Waals surface area contributed by atoms with Gasteiger partial charge < -0.3 is 4.84 Å². The molecule has 0 aliphatic heterocycles. The van der Waals surface area contributed by atoms with Crippen molar-refractivity contribution in [1.29, 1.82) is 0 Å². The van der Waals surface area contributed by atoms with Gasteiger partial charge in [-0.25, -0.2) is 9.78 Å². The van der Waals surface area contributed by atoms with Gasteiger partial charge >= 0.3 is 5.97 Å². The van der Waals surface area contributed by atoms with E-state index >= 15 is 0 Å². The second-order valence-corrected chi connectivity index (χ2v) is 9.32. The summed E-state index contributed by atoms with van der Waals surface area (Å²) in [5, 5.41) is 4.87. The fourth-order valence-electron chi connectivity index (χ4n) is 3.72. The third-order valence-corrected chi connectivity index (χ3v) is 5.68. The Morgan fingerprint density at radius 1 is 0.909 bits per heavy atom. The number of hydrogen-bond acceptors (Lipinski definition) is 4. The fourth-order valence-corrected chi connectivity index (χ4v) is 3.72. The smallest absolute Gasteiger partial charge is 0.313 e. The average Bonchev–Trinajstić information content (AvgIpc) is 2.81. The second-order valence-electron chi connectivity index (χ2n) is 9.32. The zero-order chi connectivity index (χ0) is 23.6. The summed E-state index contributed by atoms with van der Waals surface area (Å²) in [6, 6.07) is 25.6. The fraction of sp³-hybridized carbons (Fsp3) is 0.207. The Balaban J connectivity index is 1.65. The Morgan fingerprint density at radius 3 is 2.33 bits per heavy atom. The van der Waals surface area contributed by atoms with Gasteiger partial charge in [-0.05, 0) is 48.6 Å². The van der Waals surface area contributed by atoms with Gasteiger partial charge in [0.1, 0.15) is 0 Å². The van der Waals surface area contributed by atoms with Gasteiger partial charge in [0.25, 0.3) is 0 Å². The molecule has 0 aliphatic rings. The van der Waals surface area contributed by atoms with Crippen LogP contribution in [0.3, 0.4) is 0 Å². The highest BCUT2D eigenvalue weighted by Crippen LogP contribution is 2.26. The van der Waals surface area contributed by atoms with E-state index in [0.29, 0.717) is 11.3 Å². The van der Waals surface area contributed by atoms with Crippen LogP contribution in [0, 0.1) is 6.92 Å². The first-order chi connectivity index (χ1) is 15.7. The Bertz CT molecular complexity index is 1350. The molecule has 33 heavy (non-hydrogen) atoms. The molecule has 0 amide bonds. The molecule has 4 rings (SSSR count). The number of benzene rings is 3. The van der Waals surface area contributed by atoms with Crippen LogP contribution in [0.25, 0.3) is 22.2 Å². The van der Waals surface area contributed by atoms with Gasteiger partial charge in [-0.15, -0.1) is 0 Å². The molecule has 1 heterocycles. The standard InChI is InChI=1S/C29H28N2O2/c1-19-9-8-10-22(17-19)27-18-25(24-11-6-7-12-26(24)30-27)28(32)33-31-20(2)21-13-15-23(16-14-21)29(3,4)5/h6-18H,1-5H3/b31-20+. The predicted octanol–water partition coefficient (Wildman–Crippen LogP) is 7.09. The molecule has 0 bridgehead atoms. The molecule has 0 radical (unpaired) electrons. The van der Waals surface area contributed by atoms with Crippen LogP contribution in [0.1, 0.15) is 54.7 Å². The maximum absolute atomic E-state index is 13.1. The summed E-state index contributed by atoms with van der Waals surface area (Å²) in [4.78, 5) is 23.2. The van der Waals surface area contributed by atoms with Gasteiger partial charge in [0.05, 0.1) is 22.5 Å². The third kappa shape index (κ3) is 5.01. The molecular formula is C29H28N2O2. The van der Waals surface area contributed by atoms with E-state index in [1.807, 2.05) is 68.4 Å². The molecule has 0 spiro atoms. The molecule has 3 aromatic carbocycles. The van der Waals surface area contributed by atoms with Crippen LogP contribution in [-0.4, -0.2) is 16.7 Å². The molecule has 0 aliphatic carbocycles. The van der Waals surface area contributed by atoms with Crippen molar-refractivity contribution in [3.8, 4) is 11.3 Å². The van der Waals surface area contributed by atoms with E-state index in [2.05, 4.69) is 44.1 Å². The van der Waals surface area contributed by atoms with Crippen LogP contribution in [0.15, 0.2) is 84.0 Å². The summed E-state index contributed by atoms with van der Waals surface area (Å²) in [6.45, 7) is 10.4. The van der Waals surface area contributed by atoms with E-state index in [1.165, 1.54) is 5.56 Å². The number of para-hydroxylation sites is 1. The highest BCUT2D eigenvalue weighted by atomic mass is 16.7. The van der Waals surface area contributed by atoms with Crippen molar-refractivity contribution in [3.63, 3.8) is 0 Å². The molecule has 0 N–H and O–H groups in total. The molecule has 4 nitrogen and oxygen atoms in total. The van der Waals surface area contributed by atoms with Gasteiger partial charge in [0, 0.05) is 10.9 Å². The van der Waals surface area contributed by atoms with Gasteiger partial charge in [-0.1, -0.05) is 92.2 Å². The minimum absolute atomic E-state index is 0.0768. The van der Waals surface area contributed by atoms with E-state index in [-0.39, 0.29) is 5.41 Å². The summed E-state index contributed by atoms with van der Waals surface area (Å²) >= 11 is 0. The average molecular weight is 437 g/mol. The summed E-state index contributed by atoms with van der Waals surface area (Å²) < 4.78 is 0. The Labute approximate surface area is 194 Å². The summed E-state index contributed by atoms with van der Waals surface area (Å²) in [7, 11) is 0. The Hall–Kier alpha value is -3.79. The normalized spacial score (nSPS) is 12.1. The number of carbonyl (C=O) groups is 1. The number of aryl methyl sites for hydroxylation is 1. The lowest BCUT2D eigenvalue weighted by Gasteiger charge is -2.19. The maximum Gasteiger partial charge on any atom is 0.366 e. The lowest BCUT2D eigenvalue weighted by Crippen LogP contribution is -2.11. The molecule has 0 unspecified atom stereocenters. The van der Waals surface area contributed by atoms with Gasteiger partial charge in [-0.2, -0.15) is 0 Å². The highest BCUT2D eigenvalue weighted by molar-refractivity contribution is 6.05. The van der Waals surface area contributed by atoms with Crippen molar-refractivity contribution in [2.75, 3.05) is 0 Å². The highest BCUT2D eigenvalue weighted by Gasteiger charge is 2.17.